The summed E-state index contributed by atoms with van der Waals surface area (Å²) in [5.74, 6) is -1.01. The van der Waals surface area contributed by atoms with Crippen LogP contribution in [0.2, 0.25) is 0 Å². The molecule has 0 unspecified atom stereocenters. The van der Waals surface area contributed by atoms with Gasteiger partial charge in [0.2, 0.25) is 12.0 Å². The minimum absolute atomic E-state index is 0.00596. The molecule has 0 bridgehead atoms. The van der Waals surface area contributed by atoms with Gasteiger partial charge in [0.15, 0.2) is 23.0 Å². The second-order valence-corrected chi connectivity index (χ2v) is 7.83. The summed E-state index contributed by atoms with van der Waals surface area (Å²) in [5.41, 5.74) is 0.939. The van der Waals surface area contributed by atoms with Gasteiger partial charge < -0.3 is 54.3 Å². The number of aliphatic hydroxyl groups is 4. The van der Waals surface area contributed by atoms with Gasteiger partial charge in [-0.15, -0.1) is 0 Å². The largest absolute Gasteiger partial charge is 0.504 e. The predicted octanol–water partition coefficient (Wildman–Crippen LogP) is 0.0503. The van der Waals surface area contributed by atoms with E-state index in [1.54, 1.807) is 0 Å². The van der Waals surface area contributed by atoms with Gasteiger partial charge >= 0.3 is 5.97 Å². The maximum Gasteiger partial charge on any atom is 0.331 e. The second kappa shape index (κ2) is 11.9. The average molecular weight is 508 g/mol. The molecule has 1 aliphatic heterocycles. The van der Waals surface area contributed by atoms with Crippen LogP contribution in [-0.4, -0.2) is 88.1 Å². The Kier molecular flexibility index (Phi) is 8.96. The standard InChI is InChI=1S/C24H28O12/c1-32-16-8-13(11-34-19(28)6-4-12-3-5-14(26)15(27)7-12)9-17(33-2)23(16)36-24-22(31)21(30)20(29)18(10-25)35-24/h3-9,18,20-22,24-27,29-31H,10-11H2,1-2H3/b6-4+/t18-,20-,21+,22-,24+/m1/s1. The molecule has 0 radical (unpaired) electrons. The molecule has 196 valence electrons. The van der Waals surface area contributed by atoms with Gasteiger partial charge in [-0.05, 0) is 41.5 Å². The molecule has 6 N–H and O–H groups in total. The molecule has 0 aromatic heterocycles. The number of carbonyl (C=O) groups excluding carboxylic acids is 1. The predicted molar refractivity (Wildman–Crippen MR) is 123 cm³/mol. The van der Waals surface area contributed by atoms with Gasteiger partial charge in [-0.1, -0.05) is 6.07 Å². The number of carbonyl (C=O) groups is 1. The third-order valence-corrected chi connectivity index (χ3v) is 5.40. The summed E-state index contributed by atoms with van der Waals surface area (Å²) in [7, 11) is 2.70. The summed E-state index contributed by atoms with van der Waals surface area (Å²) < 4.78 is 27.0. The molecule has 2 aromatic carbocycles. The van der Waals surface area contributed by atoms with Crippen LogP contribution in [0.15, 0.2) is 36.4 Å². The number of esters is 1. The van der Waals surface area contributed by atoms with Crippen LogP contribution in [0.4, 0.5) is 0 Å². The summed E-state index contributed by atoms with van der Waals surface area (Å²) in [6.45, 7) is -0.789. The molecule has 5 atom stereocenters. The van der Waals surface area contributed by atoms with E-state index in [0.717, 1.165) is 6.08 Å². The maximum absolute atomic E-state index is 12.1. The number of hydrogen-bond acceptors (Lipinski definition) is 12. The number of hydrogen-bond donors (Lipinski definition) is 6. The first-order chi connectivity index (χ1) is 17.2. The Hall–Kier alpha value is -3.55. The Morgan fingerprint density at radius 3 is 2.22 bits per heavy atom. The Morgan fingerprint density at radius 2 is 1.64 bits per heavy atom. The van der Waals surface area contributed by atoms with Crippen LogP contribution >= 0.6 is 0 Å². The van der Waals surface area contributed by atoms with Crippen molar-refractivity contribution in [3.63, 3.8) is 0 Å². The number of phenols is 2. The molecular formula is C24H28O12. The molecule has 1 heterocycles. The zero-order chi connectivity index (χ0) is 26.4. The third-order valence-electron chi connectivity index (χ3n) is 5.40. The van der Waals surface area contributed by atoms with Gasteiger partial charge in [0.1, 0.15) is 31.0 Å². The highest BCUT2D eigenvalue weighted by Crippen LogP contribution is 2.40. The van der Waals surface area contributed by atoms with Crippen molar-refractivity contribution in [2.75, 3.05) is 20.8 Å². The Balaban J connectivity index is 1.72. The molecule has 36 heavy (non-hydrogen) atoms. The quantitative estimate of drug-likeness (QED) is 0.152. The first-order valence-electron chi connectivity index (χ1n) is 10.8. The van der Waals surface area contributed by atoms with Crippen LogP contribution in [0, 0.1) is 0 Å². The van der Waals surface area contributed by atoms with Crippen LogP contribution in [0.5, 0.6) is 28.7 Å². The van der Waals surface area contributed by atoms with E-state index in [1.807, 2.05) is 0 Å². The van der Waals surface area contributed by atoms with Crippen LogP contribution < -0.4 is 14.2 Å². The van der Waals surface area contributed by atoms with Crippen molar-refractivity contribution in [3.8, 4) is 28.7 Å². The fraction of sp³-hybridized carbons (Fsp3) is 0.375. The van der Waals surface area contributed by atoms with Crippen molar-refractivity contribution in [2.45, 2.75) is 37.3 Å². The van der Waals surface area contributed by atoms with Crippen molar-refractivity contribution in [1.29, 1.82) is 0 Å². The lowest BCUT2D eigenvalue weighted by molar-refractivity contribution is -0.277. The van der Waals surface area contributed by atoms with E-state index in [0.29, 0.717) is 11.1 Å². The summed E-state index contributed by atoms with van der Waals surface area (Å²) >= 11 is 0. The average Bonchev–Trinajstić information content (AvgIpc) is 2.88. The van der Waals surface area contributed by atoms with E-state index in [9.17, 15) is 35.4 Å². The van der Waals surface area contributed by atoms with Gasteiger partial charge in [0.05, 0.1) is 20.8 Å². The van der Waals surface area contributed by atoms with Gasteiger partial charge in [0, 0.05) is 6.08 Å². The zero-order valence-electron chi connectivity index (χ0n) is 19.5. The Labute approximate surface area is 206 Å². The lowest BCUT2D eigenvalue weighted by atomic mass is 9.99. The molecule has 12 nitrogen and oxygen atoms in total. The lowest BCUT2D eigenvalue weighted by Gasteiger charge is -2.39. The highest BCUT2D eigenvalue weighted by Gasteiger charge is 2.45. The van der Waals surface area contributed by atoms with Gasteiger partial charge in [0.25, 0.3) is 0 Å². The number of benzene rings is 2. The Morgan fingerprint density at radius 1 is 0.972 bits per heavy atom. The van der Waals surface area contributed by atoms with E-state index < -0.39 is 43.3 Å². The molecule has 3 rings (SSSR count). The third kappa shape index (κ3) is 6.17. The zero-order valence-corrected chi connectivity index (χ0v) is 19.5. The molecule has 1 aliphatic rings. The van der Waals surface area contributed by atoms with Gasteiger partial charge in [-0.2, -0.15) is 0 Å². The molecule has 12 heteroatoms. The van der Waals surface area contributed by atoms with Crippen LogP contribution in [0.25, 0.3) is 6.08 Å². The van der Waals surface area contributed by atoms with Crippen LogP contribution in [0.1, 0.15) is 11.1 Å². The van der Waals surface area contributed by atoms with Crippen molar-refractivity contribution >= 4 is 12.0 Å². The van der Waals surface area contributed by atoms with Crippen molar-refractivity contribution in [2.24, 2.45) is 0 Å². The molecular weight excluding hydrogens is 480 g/mol. The minimum atomic E-state index is -1.64. The number of methoxy groups -OCH3 is 2. The number of rotatable bonds is 9. The minimum Gasteiger partial charge on any atom is -0.504 e. The highest BCUT2D eigenvalue weighted by atomic mass is 16.7. The summed E-state index contributed by atoms with van der Waals surface area (Å²) in [6, 6.07) is 7.06. The summed E-state index contributed by atoms with van der Waals surface area (Å²) in [5, 5.41) is 58.4. The van der Waals surface area contributed by atoms with Crippen LogP contribution in [-0.2, 0) is 20.9 Å². The molecule has 0 saturated carbocycles. The van der Waals surface area contributed by atoms with E-state index in [4.69, 9.17) is 23.7 Å². The molecule has 2 aromatic rings. The van der Waals surface area contributed by atoms with E-state index >= 15 is 0 Å². The van der Waals surface area contributed by atoms with Gasteiger partial charge in [-0.25, -0.2) is 4.79 Å². The fourth-order valence-corrected chi connectivity index (χ4v) is 3.43. The van der Waals surface area contributed by atoms with E-state index in [1.165, 1.54) is 50.6 Å². The molecule has 0 spiro atoms. The molecule has 1 fully saturated rings. The van der Waals surface area contributed by atoms with Crippen LogP contribution in [0.3, 0.4) is 0 Å². The van der Waals surface area contributed by atoms with Gasteiger partial charge in [-0.3, -0.25) is 0 Å². The highest BCUT2D eigenvalue weighted by molar-refractivity contribution is 5.87. The summed E-state index contributed by atoms with van der Waals surface area (Å²) in [6.07, 6.45) is -4.88. The fourth-order valence-electron chi connectivity index (χ4n) is 3.43. The molecule has 1 saturated heterocycles. The topological polar surface area (TPSA) is 185 Å². The monoisotopic (exact) mass is 508 g/mol. The number of phenolic OH excluding ortho intramolecular Hbond substituents is 2. The first-order valence-corrected chi connectivity index (χ1v) is 10.8. The van der Waals surface area contributed by atoms with Crippen molar-refractivity contribution < 1.29 is 59.1 Å². The number of ether oxygens (including phenoxy) is 5. The van der Waals surface area contributed by atoms with E-state index in [-0.39, 0.29) is 35.4 Å². The lowest BCUT2D eigenvalue weighted by Crippen LogP contribution is -2.60. The molecule has 0 aliphatic carbocycles. The van der Waals surface area contributed by atoms with Crippen molar-refractivity contribution in [1.82, 2.24) is 0 Å². The maximum atomic E-state index is 12.1. The van der Waals surface area contributed by atoms with Crippen molar-refractivity contribution in [3.05, 3.63) is 47.5 Å². The number of aliphatic hydroxyl groups excluding tert-OH is 4. The summed E-state index contributed by atoms with van der Waals surface area (Å²) in [4.78, 5) is 12.1. The first kappa shape index (κ1) is 27.0. The van der Waals surface area contributed by atoms with E-state index in [2.05, 4.69) is 0 Å². The smallest absolute Gasteiger partial charge is 0.331 e. The normalized spacial score (nSPS) is 23.9. The SMILES string of the molecule is COc1cc(COC(=O)/C=C/c2ccc(O)c(O)c2)cc(OC)c1O[C@@H]1O[C@H](CO)[C@@H](O)[C@H](O)[C@H]1O. The number of aromatic hydroxyl groups is 2. The second-order valence-electron chi connectivity index (χ2n) is 7.83. The Bertz CT molecular complexity index is 1060. The molecule has 0 amide bonds.